The Labute approximate surface area is 171 Å². The molecule has 160 valence electrons. The first-order valence-corrected chi connectivity index (χ1v) is 10.0. The highest BCUT2D eigenvalue weighted by Crippen LogP contribution is 2.67. The molecule has 1 N–H and O–H groups in total. The SMILES string of the molecule is O=C(CO[C@H]1C[C@@H](OC(F)(F)F)C1)NC12CC(c3cnn(-c4ccccc4)c3)(C1)C2. The Morgan fingerprint density at radius 2 is 1.87 bits per heavy atom. The maximum absolute atomic E-state index is 12.2. The van der Waals surface area contributed by atoms with Gasteiger partial charge in [-0.2, -0.15) is 5.10 Å². The predicted octanol–water partition coefficient (Wildman–Crippen LogP) is 3.25. The Kier molecular flexibility index (Phi) is 4.44. The molecule has 0 radical (unpaired) electrons. The molecule has 2 aromatic rings. The van der Waals surface area contributed by atoms with E-state index in [4.69, 9.17) is 4.74 Å². The van der Waals surface area contributed by atoms with E-state index in [1.54, 1.807) is 0 Å². The fourth-order valence-corrected chi connectivity index (χ4v) is 5.01. The van der Waals surface area contributed by atoms with Crippen LogP contribution in [0.3, 0.4) is 0 Å². The van der Waals surface area contributed by atoms with Crippen molar-refractivity contribution < 1.29 is 27.4 Å². The van der Waals surface area contributed by atoms with Crippen molar-refractivity contribution in [2.45, 2.75) is 61.6 Å². The van der Waals surface area contributed by atoms with Gasteiger partial charge in [0.2, 0.25) is 5.91 Å². The van der Waals surface area contributed by atoms with Crippen molar-refractivity contribution in [1.82, 2.24) is 15.1 Å². The van der Waals surface area contributed by atoms with Crippen LogP contribution in [0.15, 0.2) is 42.7 Å². The number of carbonyl (C=O) groups is 1. The van der Waals surface area contributed by atoms with Crippen LogP contribution in [0.5, 0.6) is 0 Å². The minimum Gasteiger partial charge on any atom is -0.368 e. The summed E-state index contributed by atoms with van der Waals surface area (Å²) in [7, 11) is 0. The number of benzene rings is 1. The first-order chi connectivity index (χ1) is 14.2. The van der Waals surface area contributed by atoms with Gasteiger partial charge in [0.1, 0.15) is 6.61 Å². The van der Waals surface area contributed by atoms with Crippen molar-refractivity contribution in [1.29, 1.82) is 0 Å². The number of carbonyl (C=O) groups excluding carboxylic acids is 1. The number of nitrogens with zero attached hydrogens (tertiary/aromatic N) is 2. The zero-order valence-corrected chi connectivity index (χ0v) is 16.2. The van der Waals surface area contributed by atoms with E-state index in [1.165, 1.54) is 5.56 Å². The molecular formula is C21H22F3N3O3. The third kappa shape index (κ3) is 3.60. The Bertz CT molecular complexity index is 918. The molecule has 1 aromatic heterocycles. The molecule has 0 spiro atoms. The summed E-state index contributed by atoms with van der Waals surface area (Å²) in [5.41, 5.74) is 2.09. The number of halogens is 3. The van der Waals surface area contributed by atoms with Crippen LogP contribution in [0.1, 0.15) is 37.7 Å². The van der Waals surface area contributed by atoms with Crippen molar-refractivity contribution in [3.63, 3.8) is 0 Å². The summed E-state index contributed by atoms with van der Waals surface area (Å²) in [5, 5.41) is 7.51. The fraction of sp³-hybridized carbons (Fsp3) is 0.524. The van der Waals surface area contributed by atoms with E-state index in [9.17, 15) is 18.0 Å². The molecule has 4 aliphatic carbocycles. The monoisotopic (exact) mass is 421 g/mol. The predicted molar refractivity (Wildman–Crippen MR) is 99.9 cm³/mol. The molecule has 0 unspecified atom stereocenters. The molecule has 30 heavy (non-hydrogen) atoms. The minimum atomic E-state index is -4.62. The molecule has 1 heterocycles. The highest BCUT2D eigenvalue weighted by molar-refractivity contribution is 5.79. The highest BCUT2D eigenvalue weighted by atomic mass is 19.4. The lowest BCUT2D eigenvalue weighted by molar-refractivity contribution is -0.357. The van der Waals surface area contributed by atoms with Gasteiger partial charge < -0.3 is 10.1 Å². The number of hydrogen-bond acceptors (Lipinski definition) is 4. The van der Waals surface area contributed by atoms with Crippen LogP contribution < -0.4 is 5.32 Å². The van der Waals surface area contributed by atoms with E-state index in [-0.39, 0.29) is 42.4 Å². The Balaban J connectivity index is 1.06. The van der Waals surface area contributed by atoms with Crippen molar-refractivity contribution in [3.8, 4) is 5.69 Å². The average Bonchev–Trinajstić information content (AvgIpc) is 3.08. The zero-order valence-electron chi connectivity index (χ0n) is 16.2. The summed E-state index contributed by atoms with van der Waals surface area (Å²) in [5.74, 6) is -0.219. The van der Waals surface area contributed by atoms with Gasteiger partial charge in [-0.15, -0.1) is 13.2 Å². The third-order valence-corrected chi connectivity index (χ3v) is 6.45. The molecule has 4 saturated carbocycles. The van der Waals surface area contributed by atoms with E-state index in [0.29, 0.717) is 0 Å². The van der Waals surface area contributed by atoms with Gasteiger partial charge in [-0.1, -0.05) is 18.2 Å². The topological polar surface area (TPSA) is 65.4 Å². The second kappa shape index (κ2) is 6.81. The molecule has 1 aromatic carbocycles. The Hall–Kier alpha value is -2.39. The molecule has 6 nitrogen and oxygen atoms in total. The van der Waals surface area contributed by atoms with E-state index in [1.807, 2.05) is 41.2 Å². The van der Waals surface area contributed by atoms with Gasteiger partial charge in [0, 0.05) is 30.0 Å². The smallest absolute Gasteiger partial charge is 0.368 e. The van der Waals surface area contributed by atoms with Crippen molar-refractivity contribution in [2.75, 3.05) is 6.61 Å². The van der Waals surface area contributed by atoms with E-state index in [0.717, 1.165) is 24.9 Å². The fourth-order valence-electron chi connectivity index (χ4n) is 5.01. The number of alkyl halides is 3. The number of para-hydroxylation sites is 1. The van der Waals surface area contributed by atoms with E-state index >= 15 is 0 Å². The molecule has 4 aliphatic rings. The quantitative estimate of drug-likeness (QED) is 0.746. The second-order valence-corrected chi connectivity index (χ2v) is 8.74. The number of amides is 1. The van der Waals surface area contributed by atoms with Gasteiger partial charge in [-0.25, -0.2) is 4.68 Å². The Morgan fingerprint density at radius 3 is 2.53 bits per heavy atom. The molecule has 0 saturated heterocycles. The molecule has 1 amide bonds. The van der Waals surface area contributed by atoms with Crippen LogP contribution >= 0.6 is 0 Å². The number of aromatic nitrogens is 2. The first-order valence-electron chi connectivity index (χ1n) is 10.0. The van der Waals surface area contributed by atoms with Crippen molar-refractivity contribution in [3.05, 3.63) is 48.3 Å². The van der Waals surface area contributed by atoms with Crippen molar-refractivity contribution in [2.24, 2.45) is 0 Å². The maximum Gasteiger partial charge on any atom is 0.522 e. The number of ether oxygens (including phenoxy) is 2. The van der Waals surface area contributed by atoms with E-state index in [2.05, 4.69) is 21.3 Å². The summed E-state index contributed by atoms with van der Waals surface area (Å²) >= 11 is 0. The third-order valence-electron chi connectivity index (χ3n) is 6.45. The highest BCUT2D eigenvalue weighted by Gasteiger charge is 2.69. The van der Waals surface area contributed by atoms with Gasteiger partial charge in [0.15, 0.2) is 0 Å². The number of rotatable bonds is 7. The number of nitrogens with one attached hydrogen (secondary N) is 1. The van der Waals surface area contributed by atoms with Gasteiger partial charge in [-0.05, 0) is 37.0 Å². The maximum atomic E-state index is 12.2. The molecular weight excluding hydrogens is 399 g/mol. The summed E-state index contributed by atoms with van der Waals surface area (Å²) in [6.45, 7) is -0.135. The largest absolute Gasteiger partial charge is 0.522 e. The molecule has 2 bridgehead atoms. The summed E-state index contributed by atoms with van der Waals surface area (Å²) in [6, 6.07) is 9.90. The van der Waals surface area contributed by atoms with Crippen LogP contribution in [-0.2, 0) is 19.7 Å². The lowest BCUT2D eigenvalue weighted by Gasteiger charge is -2.70. The first kappa shape index (κ1) is 19.6. The second-order valence-electron chi connectivity index (χ2n) is 8.74. The zero-order chi connectivity index (χ0) is 21.0. The van der Waals surface area contributed by atoms with E-state index < -0.39 is 12.5 Å². The lowest BCUT2D eigenvalue weighted by Crippen LogP contribution is -2.77. The summed E-state index contributed by atoms with van der Waals surface area (Å²) < 4.78 is 47.5. The Morgan fingerprint density at radius 1 is 1.17 bits per heavy atom. The van der Waals surface area contributed by atoms with Gasteiger partial charge in [0.05, 0.1) is 24.1 Å². The van der Waals surface area contributed by atoms with Gasteiger partial charge in [0.25, 0.3) is 0 Å². The van der Waals surface area contributed by atoms with Gasteiger partial charge >= 0.3 is 6.36 Å². The van der Waals surface area contributed by atoms with Crippen LogP contribution in [-0.4, -0.2) is 46.4 Å². The molecule has 6 rings (SSSR count). The minimum absolute atomic E-state index is 0.0806. The summed E-state index contributed by atoms with van der Waals surface area (Å²) in [4.78, 5) is 12.2. The lowest BCUT2D eigenvalue weighted by atomic mass is 9.37. The molecule has 0 atom stereocenters. The molecule has 0 aliphatic heterocycles. The number of hydrogen-bond donors (Lipinski definition) is 1. The summed E-state index contributed by atoms with van der Waals surface area (Å²) in [6.07, 6.45) is 1.05. The van der Waals surface area contributed by atoms with Crippen LogP contribution in [0.4, 0.5) is 13.2 Å². The normalized spacial score (nSPS) is 32.0. The van der Waals surface area contributed by atoms with Crippen molar-refractivity contribution >= 4 is 5.91 Å². The van der Waals surface area contributed by atoms with Crippen LogP contribution in [0, 0.1) is 0 Å². The standard InChI is InChI=1S/C21H22F3N3O3/c22-21(23,24)30-17-6-16(7-17)29-10-18(28)26-20-11-19(12-20,13-20)14-8-25-27(9-14)15-4-2-1-3-5-15/h1-5,8-9,16-17H,6-7,10-13H2,(H,26,28)/t16-,17+,19?,20?. The van der Waals surface area contributed by atoms with Crippen LogP contribution in [0.2, 0.25) is 0 Å². The molecule has 4 fully saturated rings. The van der Waals surface area contributed by atoms with Gasteiger partial charge in [-0.3, -0.25) is 9.53 Å². The van der Waals surface area contributed by atoms with Crippen LogP contribution in [0.25, 0.3) is 5.69 Å². The molecule has 9 heteroatoms. The average molecular weight is 421 g/mol.